The molecule has 4 heteroatoms. The lowest BCUT2D eigenvalue weighted by Crippen LogP contribution is -2.47. The molecule has 0 spiro atoms. The van der Waals surface area contributed by atoms with Crippen molar-refractivity contribution in [1.29, 1.82) is 0 Å². The highest BCUT2D eigenvalue weighted by molar-refractivity contribution is 5.39. The Hall–Kier alpha value is -1.13. The second kappa shape index (κ2) is 7.60. The SMILES string of the molecule is CCNCc1ccc(N2CCN(CC(C)C)CC2)nc1. The van der Waals surface area contributed by atoms with Crippen LogP contribution in [0.2, 0.25) is 0 Å². The first kappa shape index (κ1) is 15.3. The molecule has 1 N–H and O–H groups in total. The molecule has 0 atom stereocenters. The fraction of sp³-hybridized carbons (Fsp3) is 0.688. The lowest BCUT2D eigenvalue weighted by Gasteiger charge is -2.36. The lowest BCUT2D eigenvalue weighted by molar-refractivity contribution is 0.231. The van der Waals surface area contributed by atoms with E-state index >= 15 is 0 Å². The van der Waals surface area contributed by atoms with Crippen LogP contribution in [0.15, 0.2) is 18.3 Å². The zero-order valence-electron chi connectivity index (χ0n) is 13.1. The minimum Gasteiger partial charge on any atom is -0.354 e. The summed E-state index contributed by atoms with van der Waals surface area (Å²) in [5.41, 5.74) is 1.26. The Morgan fingerprint density at radius 1 is 1.20 bits per heavy atom. The molecule has 0 bridgehead atoms. The van der Waals surface area contributed by atoms with E-state index in [9.17, 15) is 0 Å². The van der Waals surface area contributed by atoms with Gasteiger partial charge in [0.2, 0.25) is 0 Å². The summed E-state index contributed by atoms with van der Waals surface area (Å²) in [6.07, 6.45) is 2.00. The van der Waals surface area contributed by atoms with Gasteiger partial charge in [0, 0.05) is 45.5 Å². The van der Waals surface area contributed by atoms with Gasteiger partial charge in [0.1, 0.15) is 5.82 Å². The topological polar surface area (TPSA) is 31.4 Å². The smallest absolute Gasteiger partial charge is 0.128 e. The third-order valence-corrected chi connectivity index (χ3v) is 3.71. The number of rotatable bonds is 6. The molecule has 1 aliphatic heterocycles. The monoisotopic (exact) mass is 276 g/mol. The maximum absolute atomic E-state index is 4.61. The fourth-order valence-corrected chi connectivity index (χ4v) is 2.65. The maximum Gasteiger partial charge on any atom is 0.128 e. The Balaban J connectivity index is 1.84. The van der Waals surface area contributed by atoms with Gasteiger partial charge in [-0.1, -0.05) is 26.8 Å². The molecule has 1 aromatic heterocycles. The lowest BCUT2D eigenvalue weighted by atomic mass is 10.2. The quantitative estimate of drug-likeness (QED) is 0.861. The van der Waals surface area contributed by atoms with Crippen molar-refractivity contribution in [3.63, 3.8) is 0 Å². The molecule has 2 heterocycles. The summed E-state index contributed by atoms with van der Waals surface area (Å²) in [5, 5.41) is 3.33. The highest BCUT2D eigenvalue weighted by Gasteiger charge is 2.18. The molecule has 1 aromatic rings. The Labute approximate surface area is 123 Å². The van der Waals surface area contributed by atoms with Crippen molar-refractivity contribution in [1.82, 2.24) is 15.2 Å². The number of hydrogen-bond donors (Lipinski definition) is 1. The summed E-state index contributed by atoms with van der Waals surface area (Å²) in [4.78, 5) is 9.56. The second-order valence-corrected chi connectivity index (χ2v) is 5.99. The zero-order valence-corrected chi connectivity index (χ0v) is 13.1. The highest BCUT2D eigenvalue weighted by atomic mass is 15.3. The van der Waals surface area contributed by atoms with E-state index in [1.165, 1.54) is 12.1 Å². The number of nitrogens with zero attached hydrogens (tertiary/aromatic N) is 3. The van der Waals surface area contributed by atoms with Gasteiger partial charge < -0.3 is 10.2 Å². The fourth-order valence-electron chi connectivity index (χ4n) is 2.65. The number of hydrogen-bond acceptors (Lipinski definition) is 4. The van der Waals surface area contributed by atoms with Crippen molar-refractivity contribution >= 4 is 5.82 Å². The Kier molecular flexibility index (Phi) is 5.80. The van der Waals surface area contributed by atoms with Crippen molar-refractivity contribution in [3.05, 3.63) is 23.9 Å². The Bertz CT molecular complexity index is 380. The molecule has 4 nitrogen and oxygen atoms in total. The molecule has 112 valence electrons. The largest absolute Gasteiger partial charge is 0.354 e. The predicted octanol–water partition coefficient (Wildman–Crippen LogP) is 1.97. The first-order valence-corrected chi connectivity index (χ1v) is 7.82. The normalized spacial score (nSPS) is 16.9. The van der Waals surface area contributed by atoms with Crippen LogP contribution >= 0.6 is 0 Å². The van der Waals surface area contributed by atoms with Crippen molar-refractivity contribution in [2.24, 2.45) is 5.92 Å². The van der Waals surface area contributed by atoms with Gasteiger partial charge in [0.15, 0.2) is 0 Å². The van der Waals surface area contributed by atoms with E-state index in [0.717, 1.165) is 51.0 Å². The van der Waals surface area contributed by atoms with Gasteiger partial charge in [-0.15, -0.1) is 0 Å². The molecule has 1 saturated heterocycles. The zero-order chi connectivity index (χ0) is 14.4. The van der Waals surface area contributed by atoms with E-state index in [0.29, 0.717) is 0 Å². The Morgan fingerprint density at radius 3 is 2.50 bits per heavy atom. The first-order chi connectivity index (χ1) is 9.69. The molecule has 0 amide bonds. The highest BCUT2D eigenvalue weighted by Crippen LogP contribution is 2.14. The van der Waals surface area contributed by atoms with Crippen molar-refractivity contribution in [2.75, 3.05) is 44.2 Å². The summed E-state index contributed by atoms with van der Waals surface area (Å²) in [6.45, 7) is 14.3. The number of aromatic nitrogens is 1. The first-order valence-electron chi connectivity index (χ1n) is 7.82. The number of anilines is 1. The molecule has 1 aliphatic rings. The number of nitrogens with one attached hydrogen (secondary N) is 1. The van der Waals surface area contributed by atoms with Crippen molar-refractivity contribution < 1.29 is 0 Å². The van der Waals surface area contributed by atoms with Gasteiger partial charge in [-0.2, -0.15) is 0 Å². The van der Waals surface area contributed by atoms with E-state index in [2.05, 4.69) is 53.0 Å². The minimum atomic E-state index is 0.755. The molecule has 2 rings (SSSR count). The van der Waals surface area contributed by atoms with Crippen molar-refractivity contribution in [2.45, 2.75) is 27.3 Å². The van der Waals surface area contributed by atoms with Crippen LogP contribution in [0.3, 0.4) is 0 Å². The van der Waals surface area contributed by atoms with Crippen LogP contribution in [0.1, 0.15) is 26.3 Å². The summed E-state index contributed by atoms with van der Waals surface area (Å²) >= 11 is 0. The van der Waals surface area contributed by atoms with Gasteiger partial charge in [-0.25, -0.2) is 4.98 Å². The molecule has 0 saturated carbocycles. The van der Waals surface area contributed by atoms with Gasteiger partial charge in [-0.3, -0.25) is 4.90 Å². The third kappa shape index (κ3) is 4.46. The molecule has 20 heavy (non-hydrogen) atoms. The summed E-state index contributed by atoms with van der Waals surface area (Å²) < 4.78 is 0. The van der Waals surface area contributed by atoms with Crippen LogP contribution < -0.4 is 10.2 Å². The van der Waals surface area contributed by atoms with E-state index in [-0.39, 0.29) is 0 Å². The van der Waals surface area contributed by atoms with Gasteiger partial charge >= 0.3 is 0 Å². The average Bonchev–Trinajstić information content (AvgIpc) is 2.46. The summed E-state index contributed by atoms with van der Waals surface area (Å²) in [7, 11) is 0. The Morgan fingerprint density at radius 2 is 1.95 bits per heavy atom. The molecule has 0 aromatic carbocycles. The van der Waals surface area contributed by atoms with Gasteiger partial charge in [-0.05, 0) is 24.1 Å². The molecule has 0 radical (unpaired) electrons. The standard InChI is InChI=1S/C16H28N4/c1-4-17-11-15-5-6-16(18-12-15)20-9-7-19(8-10-20)13-14(2)3/h5-6,12,14,17H,4,7-11,13H2,1-3H3. The number of pyridine rings is 1. The van der Waals surface area contributed by atoms with Crippen LogP contribution in [0.4, 0.5) is 5.82 Å². The summed E-state index contributed by atoms with van der Waals surface area (Å²) in [6, 6.07) is 4.34. The minimum absolute atomic E-state index is 0.755. The van der Waals surface area contributed by atoms with E-state index in [4.69, 9.17) is 0 Å². The van der Waals surface area contributed by atoms with E-state index in [1.807, 2.05) is 6.20 Å². The predicted molar refractivity (Wildman–Crippen MR) is 85.1 cm³/mol. The van der Waals surface area contributed by atoms with Crippen LogP contribution in [0, 0.1) is 5.92 Å². The van der Waals surface area contributed by atoms with E-state index in [1.54, 1.807) is 0 Å². The average molecular weight is 276 g/mol. The maximum atomic E-state index is 4.61. The number of piperazine rings is 1. The van der Waals surface area contributed by atoms with Crippen LogP contribution in [0.5, 0.6) is 0 Å². The van der Waals surface area contributed by atoms with Crippen LogP contribution in [0.25, 0.3) is 0 Å². The van der Waals surface area contributed by atoms with Crippen LogP contribution in [-0.2, 0) is 6.54 Å². The van der Waals surface area contributed by atoms with Gasteiger partial charge in [0.05, 0.1) is 0 Å². The van der Waals surface area contributed by atoms with Crippen molar-refractivity contribution in [3.8, 4) is 0 Å². The molecular formula is C16H28N4. The van der Waals surface area contributed by atoms with Gasteiger partial charge in [0.25, 0.3) is 0 Å². The second-order valence-electron chi connectivity index (χ2n) is 5.99. The van der Waals surface area contributed by atoms with E-state index < -0.39 is 0 Å². The third-order valence-electron chi connectivity index (χ3n) is 3.71. The molecule has 1 fully saturated rings. The molecule has 0 aliphatic carbocycles. The summed E-state index contributed by atoms with van der Waals surface area (Å²) in [5.74, 6) is 1.87. The van der Waals surface area contributed by atoms with Crippen LogP contribution in [-0.4, -0.2) is 49.2 Å². The molecule has 0 unspecified atom stereocenters. The molecular weight excluding hydrogens is 248 g/mol.